The molecule has 20 heavy (non-hydrogen) atoms. The summed E-state index contributed by atoms with van der Waals surface area (Å²) in [7, 11) is 0. The Bertz CT molecular complexity index is 409. The largest absolute Gasteiger partial charge is 0.382 e. The van der Waals surface area contributed by atoms with Gasteiger partial charge in [-0.3, -0.25) is 0 Å². The average molecular weight is 292 g/mol. The van der Waals surface area contributed by atoms with Crippen molar-refractivity contribution in [2.45, 2.75) is 26.2 Å². The van der Waals surface area contributed by atoms with Gasteiger partial charge in [0.2, 0.25) is 0 Å². The van der Waals surface area contributed by atoms with Crippen molar-refractivity contribution in [3.63, 3.8) is 0 Å². The first-order valence-corrected chi connectivity index (χ1v) is 7.89. The van der Waals surface area contributed by atoms with Crippen LogP contribution in [0.5, 0.6) is 0 Å². The molecular formula is C16H24N2OS. The van der Waals surface area contributed by atoms with Crippen LogP contribution in [0, 0.1) is 0 Å². The van der Waals surface area contributed by atoms with E-state index < -0.39 is 0 Å². The normalized spacial score (nSPS) is 14.6. The van der Waals surface area contributed by atoms with E-state index in [4.69, 9.17) is 17.0 Å². The number of nitrogens with one attached hydrogen (secondary N) is 1. The molecule has 2 rings (SSSR count). The van der Waals surface area contributed by atoms with Crippen LogP contribution in [-0.2, 0) is 17.6 Å². The summed E-state index contributed by atoms with van der Waals surface area (Å²) in [6.45, 7) is 6.52. The standard InChI is InChI=1S/C16H24N2OS/c1-2-19-13-5-10-17-16(20)18-11-8-14-6-3-4-7-15(14)9-12-18/h3-4,6-7H,2,5,8-13H2,1H3,(H,17,20). The molecule has 0 aromatic heterocycles. The summed E-state index contributed by atoms with van der Waals surface area (Å²) in [6, 6.07) is 8.71. The number of nitrogens with zero attached hydrogens (tertiary/aromatic N) is 1. The highest BCUT2D eigenvalue weighted by Crippen LogP contribution is 2.15. The SMILES string of the molecule is CCOCCCNC(=S)N1CCc2ccccc2CC1. The predicted molar refractivity (Wildman–Crippen MR) is 87.1 cm³/mol. The smallest absolute Gasteiger partial charge is 0.168 e. The summed E-state index contributed by atoms with van der Waals surface area (Å²) >= 11 is 5.50. The highest BCUT2D eigenvalue weighted by molar-refractivity contribution is 7.80. The predicted octanol–water partition coefficient (Wildman–Crippen LogP) is 2.39. The van der Waals surface area contributed by atoms with Gasteiger partial charge in [-0.2, -0.15) is 0 Å². The maximum Gasteiger partial charge on any atom is 0.168 e. The third-order valence-corrected chi connectivity index (χ3v) is 4.06. The zero-order valence-corrected chi connectivity index (χ0v) is 13.0. The maximum atomic E-state index is 5.50. The minimum absolute atomic E-state index is 0.787. The summed E-state index contributed by atoms with van der Waals surface area (Å²) in [6.07, 6.45) is 3.16. The Labute approximate surface area is 127 Å². The Morgan fingerprint density at radius 3 is 2.50 bits per heavy atom. The maximum absolute atomic E-state index is 5.50. The van der Waals surface area contributed by atoms with Crippen molar-refractivity contribution in [3.05, 3.63) is 35.4 Å². The summed E-state index contributed by atoms with van der Waals surface area (Å²) in [5, 5.41) is 4.23. The van der Waals surface area contributed by atoms with Gasteiger partial charge in [0.05, 0.1) is 0 Å². The monoisotopic (exact) mass is 292 g/mol. The van der Waals surface area contributed by atoms with Crippen molar-refractivity contribution >= 4 is 17.3 Å². The molecule has 4 heteroatoms. The Balaban J connectivity index is 1.76. The number of hydrogen-bond donors (Lipinski definition) is 1. The highest BCUT2D eigenvalue weighted by atomic mass is 32.1. The van der Waals surface area contributed by atoms with Gasteiger partial charge in [-0.05, 0) is 49.5 Å². The number of fused-ring (bicyclic) bond motifs is 1. The molecule has 1 N–H and O–H groups in total. The van der Waals surface area contributed by atoms with E-state index in [9.17, 15) is 0 Å². The zero-order valence-electron chi connectivity index (χ0n) is 12.2. The molecule has 0 bridgehead atoms. The molecule has 3 nitrogen and oxygen atoms in total. The van der Waals surface area contributed by atoms with E-state index in [2.05, 4.69) is 34.5 Å². The van der Waals surface area contributed by atoms with Crippen LogP contribution in [0.25, 0.3) is 0 Å². The number of ether oxygens (including phenoxy) is 1. The van der Waals surface area contributed by atoms with E-state index in [1.165, 1.54) is 11.1 Å². The third-order valence-electron chi connectivity index (χ3n) is 3.65. The minimum Gasteiger partial charge on any atom is -0.382 e. The van der Waals surface area contributed by atoms with Gasteiger partial charge in [-0.1, -0.05) is 24.3 Å². The quantitative estimate of drug-likeness (QED) is 0.665. The van der Waals surface area contributed by atoms with Crippen LogP contribution in [0.4, 0.5) is 0 Å². The van der Waals surface area contributed by atoms with E-state index >= 15 is 0 Å². The van der Waals surface area contributed by atoms with E-state index in [-0.39, 0.29) is 0 Å². The van der Waals surface area contributed by atoms with E-state index in [0.29, 0.717) is 0 Å². The Morgan fingerprint density at radius 1 is 1.25 bits per heavy atom. The number of rotatable bonds is 5. The van der Waals surface area contributed by atoms with Gasteiger partial charge in [0.1, 0.15) is 0 Å². The number of benzene rings is 1. The van der Waals surface area contributed by atoms with Gasteiger partial charge in [-0.25, -0.2) is 0 Å². The molecule has 0 aliphatic carbocycles. The molecule has 1 aromatic rings. The summed E-state index contributed by atoms with van der Waals surface area (Å²) in [5.41, 5.74) is 2.93. The van der Waals surface area contributed by atoms with E-state index in [1.807, 2.05) is 6.92 Å². The summed E-state index contributed by atoms with van der Waals surface area (Å²) < 4.78 is 5.33. The van der Waals surface area contributed by atoms with Crippen LogP contribution in [0.2, 0.25) is 0 Å². The molecule has 0 unspecified atom stereocenters. The fourth-order valence-corrected chi connectivity index (χ4v) is 2.78. The van der Waals surface area contributed by atoms with Gasteiger partial charge >= 0.3 is 0 Å². The minimum atomic E-state index is 0.787. The van der Waals surface area contributed by atoms with Crippen molar-refractivity contribution in [1.29, 1.82) is 0 Å². The first-order chi connectivity index (χ1) is 9.81. The molecule has 1 heterocycles. The second-order valence-corrected chi connectivity index (χ2v) is 5.42. The van der Waals surface area contributed by atoms with Gasteiger partial charge < -0.3 is 15.0 Å². The molecule has 0 amide bonds. The number of thiocarbonyl (C=S) groups is 1. The lowest BCUT2D eigenvalue weighted by Crippen LogP contribution is -2.41. The molecule has 1 aromatic carbocycles. The molecule has 1 aliphatic rings. The average Bonchev–Trinajstić information content (AvgIpc) is 2.69. The van der Waals surface area contributed by atoms with Gasteiger partial charge in [-0.15, -0.1) is 0 Å². The Hall–Kier alpha value is -1.13. The fraction of sp³-hybridized carbons (Fsp3) is 0.562. The summed E-state index contributed by atoms with van der Waals surface area (Å²) in [5.74, 6) is 0. The highest BCUT2D eigenvalue weighted by Gasteiger charge is 2.15. The molecule has 0 radical (unpaired) electrons. The third kappa shape index (κ3) is 4.46. The Kier molecular flexibility index (Phi) is 6.27. The molecule has 0 fully saturated rings. The molecule has 0 atom stereocenters. The van der Waals surface area contributed by atoms with Crippen LogP contribution in [0.15, 0.2) is 24.3 Å². The molecule has 0 spiro atoms. The second kappa shape index (κ2) is 8.22. The lowest BCUT2D eigenvalue weighted by atomic mass is 10.0. The van der Waals surface area contributed by atoms with Crippen LogP contribution in [-0.4, -0.2) is 42.9 Å². The van der Waals surface area contributed by atoms with Gasteiger partial charge in [0.25, 0.3) is 0 Å². The molecule has 1 aliphatic heterocycles. The molecular weight excluding hydrogens is 268 g/mol. The zero-order chi connectivity index (χ0) is 14.2. The van der Waals surface area contributed by atoms with Crippen molar-refractivity contribution < 1.29 is 4.74 Å². The Morgan fingerprint density at radius 2 is 1.90 bits per heavy atom. The van der Waals surface area contributed by atoms with Crippen molar-refractivity contribution in [2.24, 2.45) is 0 Å². The van der Waals surface area contributed by atoms with Crippen molar-refractivity contribution in [2.75, 3.05) is 32.8 Å². The molecule has 110 valence electrons. The van der Waals surface area contributed by atoms with Gasteiger partial charge in [0.15, 0.2) is 5.11 Å². The first-order valence-electron chi connectivity index (χ1n) is 7.48. The van der Waals surface area contributed by atoms with Crippen LogP contribution in [0.1, 0.15) is 24.5 Å². The van der Waals surface area contributed by atoms with Crippen LogP contribution in [0.3, 0.4) is 0 Å². The van der Waals surface area contributed by atoms with Crippen molar-refractivity contribution in [3.8, 4) is 0 Å². The van der Waals surface area contributed by atoms with E-state index in [1.54, 1.807) is 0 Å². The topological polar surface area (TPSA) is 24.5 Å². The van der Waals surface area contributed by atoms with E-state index in [0.717, 1.165) is 57.2 Å². The van der Waals surface area contributed by atoms with Crippen molar-refractivity contribution in [1.82, 2.24) is 10.2 Å². The lowest BCUT2D eigenvalue weighted by Gasteiger charge is -2.23. The first kappa shape index (κ1) is 15.3. The lowest BCUT2D eigenvalue weighted by molar-refractivity contribution is 0.145. The second-order valence-electron chi connectivity index (χ2n) is 5.04. The van der Waals surface area contributed by atoms with Crippen LogP contribution < -0.4 is 5.32 Å². The van der Waals surface area contributed by atoms with Gasteiger partial charge in [0, 0.05) is 32.8 Å². The van der Waals surface area contributed by atoms with Crippen LogP contribution >= 0.6 is 12.2 Å². The summed E-state index contributed by atoms with van der Waals surface area (Å²) in [4.78, 5) is 2.29. The molecule has 0 saturated carbocycles. The fourth-order valence-electron chi connectivity index (χ4n) is 2.50. The molecule has 0 saturated heterocycles. The number of hydrogen-bond acceptors (Lipinski definition) is 2.